The Morgan fingerprint density at radius 2 is 2.00 bits per heavy atom. The van der Waals surface area contributed by atoms with E-state index in [0.29, 0.717) is 33.3 Å². The van der Waals surface area contributed by atoms with E-state index >= 15 is 0 Å². The summed E-state index contributed by atoms with van der Waals surface area (Å²) >= 11 is 6.12. The Morgan fingerprint density at radius 1 is 1.26 bits per heavy atom. The maximum Gasteiger partial charge on any atom is 0.261 e. The lowest BCUT2D eigenvalue weighted by Gasteiger charge is -2.13. The van der Waals surface area contributed by atoms with Crippen molar-refractivity contribution < 1.29 is 9.59 Å². The van der Waals surface area contributed by atoms with Crippen LogP contribution in [0.4, 0.5) is 5.69 Å². The highest BCUT2D eigenvalue weighted by molar-refractivity contribution is 6.34. The number of hydrogen-bond acceptors (Lipinski definition) is 4. The van der Waals surface area contributed by atoms with Crippen LogP contribution in [0.1, 0.15) is 26.4 Å². The number of nitrogens with zero attached hydrogens (tertiary/aromatic N) is 5. The SMILES string of the molecule is Cc1nn(C)c(-n2cccn2)c1C(=O)Nc1ccc(Cl)c(C(=O)N(C)C)c1. The Hall–Kier alpha value is -3.13. The van der Waals surface area contributed by atoms with Gasteiger partial charge in [-0.25, -0.2) is 9.36 Å². The Bertz CT molecular complexity index is 1010. The maximum atomic E-state index is 12.9. The van der Waals surface area contributed by atoms with E-state index in [4.69, 9.17) is 11.6 Å². The molecule has 0 aliphatic carbocycles. The monoisotopic (exact) mass is 386 g/mol. The molecule has 0 aliphatic rings. The fourth-order valence-corrected chi connectivity index (χ4v) is 2.97. The van der Waals surface area contributed by atoms with Crippen molar-refractivity contribution in [3.63, 3.8) is 0 Å². The van der Waals surface area contributed by atoms with Crippen LogP contribution in [0.3, 0.4) is 0 Å². The normalized spacial score (nSPS) is 10.7. The molecule has 1 N–H and O–H groups in total. The van der Waals surface area contributed by atoms with Gasteiger partial charge in [-0.05, 0) is 31.2 Å². The van der Waals surface area contributed by atoms with Gasteiger partial charge in [-0.15, -0.1) is 0 Å². The lowest BCUT2D eigenvalue weighted by molar-refractivity contribution is 0.0827. The Balaban J connectivity index is 1.96. The number of halogens is 1. The average molecular weight is 387 g/mol. The molecule has 0 atom stereocenters. The minimum Gasteiger partial charge on any atom is -0.345 e. The molecule has 3 aromatic rings. The van der Waals surface area contributed by atoms with Crippen molar-refractivity contribution in [2.24, 2.45) is 7.05 Å². The molecule has 2 amide bonds. The van der Waals surface area contributed by atoms with Crippen LogP contribution in [0.15, 0.2) is 36.7 Å². The summed E-state index contributed by atoms with van der Waals surface area (Å²) in [5.74, 6) is -0.0453. The number of nitrogens with one attached hydrogen (secondary N) is 1. The lowest BCUT2D eigenvalue weighted by atomic mass is 10.1. The largest absolute Gasteiger partial charge is 0.345 e. The summed E-state index contributed by atoms with van der Waals surface area (Å²) in [7, 11) is 5.02. The quantitative estimate of drug-likeness (QED) is 0.746. The fraction of sp³-hybridized carbons (Fsp3) is 0.222. The molecule has 9 heteroatoms. The lowest BCUT2D eigenvalue weighted by Crippen LogP contribution is -2.22. The van der Waals surface area contributed by atoms with Gasteiger partial charge in [0.05, 0.1) is 16.3 Å². The number of amides is 2. The van der Waals surface area contributed by atoms with Gasteiger partial charge in [0.25, 0.3) is 11.8 Å². The van der Waals surface area contributed by atoms with E-state index in [1.807, 2.05) is 0 Å². The molecule has 1 aromatic carbocycles. The first kappa shape index (κ1) is 18.7. The molecule has 0 radical (unpaired) electrons. The molecule has 27 heavy (non-hydrogen) atoms. The van der Waals surface area contributed by atoms with Crippen molar-refractivity contribution >= 4 is 29.1 Å². The number of hydrogen-bond donors (Lipinski definition) is 1. The third-order valence-electron chi connectivity index (χ3n) is 4.00. The predicted molar refractivity (Wildman–Crippen MR) is 102 cm³/mol. The van der Waals surface area contributed by atoms with Gasteiger partial charge in [0.1, 0.15) is 5.56 Å². The average Bonchev–Trinajstić information content (AvgIpc) is 3.22. The molecule has 8 nitrogen and oxygen atoms in total. The van der Waals surface area contributed by atoms with Crippen LogP contribution in [0.5, 0.6) is 0 Å². The Labute approximate surface area is 161 Å². The minimum absolute atomic E-state index is 0.245. The second kappa shape index (κ2) is 7.24. The van der Waals surface area contributed by atoms with Crippen molar-refractivity contribution in [2.75, 3.05) is 19.4 Å². The van der Waals surface area contributed by atoms with Gasteiger partial charge in [-0.1, -0.05) is 11.6 Å². The van der Waals surface area contributed by atoms with E-state index < -0.39 is 0 Å². The summed E-state index contributed by atoms with van der Waals surface area (Å²) < 4.78 is 3.18. The second-order valence-corrected chi connectivity index (χ2v) is 6.61. The fourth-order valence-electron chi connectivity index (χ4n) is 2.77. The molecular weight excluding hydrogens is 368 g/mol. The first-order chi connectivity index (χ1) is 12.8. The molecule has 0 saturated carbocycles. The Kier molecular flexibility index (Phi) is 5.00. The minimum atomic E-state index is -0.350. The number of aryl methyl sites for hydroxylation is 2. The van der Waals surface area contributed by atoms with Gasteiger partial charge in [0, 0.05) is 39.2 Å². The van der Waals surface area contributed by atoms with Crippen molar-refractivity contribution in [1.29, 1.82) is 0 Å². The molecule has 2 heterocycles. The first-order valence-electron chi connectivity index (χ1n) is 8.15. The van der Waals surface area contributed by atoms with E-state index in [2.05, 4.69) is 15.5 Å². The zero-order valence-corrected chi connectivity index (χ0v) is 16.2. The summed E-state index contributed by atoms with van der Waals surface area (Å²) in [6.45, 7) is 1.75. The highest BCUT2D eigenvalue weighted by Crippen LogP contribution is 2.24. The third-order valence-corrected chi connectivity index (χ3v) is 4.33. The van der Waals surface area contributed by atoms with Gasteiger partial charge >= 0.3 is 0 Å². The molecule has 0 aliphatic heterocycles. The molecule has 140 valence electrons. The van der Waals surface area contributed by atoms with Gasteiger partial charge in [0.15, 0.2) is 5.82 Å². The summed E-state index contributed by atoms with van der Waals surface area (Å²) in [5.41, 5.74) is 1.75. The van der Waals surface area contributed by atoms with Crippen molar-refractivity contribution in [3.8, 4) is 5.82 Å². The first-order valence-corrected chi connectivity index (χ1v) is 8.53. The van der Waals surface area contributed by atoms with Crippen molar-refractivity contribution in [2.45, 2.75) is 6.92 Å². The van der Waals surface area contributed by atoms with Crippen LogP contribution in [-0.2, 0) is 7.05 Å². The van der Waals surface area contributed by atoms with Crippen LogP contribution in [-0.4, -0.2) is 50.4 Å². The summed E-state index contributed by atoms with van der Waals surface area (Å²) in [6, 6.07) is 6.55. The van der Waals surface area contributed by atoms with Crippen LogP contribution in [0, 0.1) is 6.92 Å². The number of carbonyl (C=O) groups excluding carboxylic acids is 2. The second-order valence-electron chi connectivity index (χ2n) is 6.21. The van der Waals surface area contributed by atoms with Gasteiger partial charge < -0.3 is 10.2 Å². The topological polar surface area (TPSA) is 85.0 Å². The number of anilines is 1. The van der Waals surface area contributed by atoms with Gasteiger partial charge in [-0.2, -0.15) is 10.2 Å². The van der Waals surface area contributed by atoms with E-state index in [0.717, 1.165) is 0 Å². The predicted octanol–water partition coefficient (Wildman–Crippen LogP) is 2.52. The molecule has 0 fully saturated rings. The molecule has 3 rings (SSSR count). The standard InChI is InChI=1S/C18H19ClN6O2/c1-11-15(17(24(4)22-11)25-9-5-8-20-25)16(26)21-12-6-7-14(19)13(10-12)18(27)23(2)3/h5-10H,1-4H3,(H,21,26). The molecule has 0 bridgehead atoms. The summed E-state index contributed by atoms with van der Waals surface area (Å²) in [6.07, 6.45) is 3.37. The summed E-state index contributed by atoms with van der Waals surface area (Å²) in [5, 5.41) is 11.6. The number of aromatic nitrogens is 4. The molecular formula is C18H19ClN6O2. The highest BCUT2D eigenvalue weighted by atomic mass is 35.5. The maximum absolute atomic E-state index is 12.9. The van der Waals surface area contributed by atoms with Crippen molar-refractivity contribution in [1.82, 2.24) is 24.5 Å². The van der Waals surface area contributed by atoms with Crippen molar-refractivity contribution in [3.05, 3.63) is 58.5 Å². The number of rotatable bonds is 4. The van der Waals surface area contributed by atoms with Crippen LogP contribution >= 0.6 is 11.6 Å². The summed E-state index contributed by atoms with van der Waals surface area (Å²) in [4.78, 5) is 26.6. The van der Waals surface area contributed by atoms with E-state index in [9.17, 15) is 9.59 Å². The van der Waals surface area contributed by atoms with E-state index in [-0.39, 0.29) is 11.8 Å². The van der Waals surface area contributed by atoms with Gasteiger partial charge in [-0.3, -0.25) is 9.59 Å². The molecule has 0 unspecified atom stereocenters. The molecule has 2 aromatic heterocycles. The number of benzene rings is 1. The van der Waals surface area contributed by atoms with Crippen LogP contribution in [0.2, 0.25) is 5.02 Å². The zero-order valence-electron chi connectivity index (χ0n) is 15.4. The van der Waals surface area contributed by atoms with E-state index in [1.165, 1.54) is 4.90 Å². The van der Waals surface area contributed by atoms with Crippen LogP contribution in [0.25, 0.3) is 5.82 Å². The number of carbonyl (C=O) groups is 2. The van der Waals surface area contributed by atoms with E-state index in [1.54, 1.807) is 74.1 Å². The highest BCUT2D eigenvalue weighted by Gasteiger charge is 2.23. The zero-order chi connectivity index (χ0) is 19.7. The molecule has 0 saturated heterocycles. The molecule has 0 spiro atoms. The smallest absolute Gasteiger partial charge is 0.261 e. The third kappa shape index (κ3) is 3.56. The van der Waals surface area contributed by atoms with Crippen LogP contribution < -0.4 is 5.32 Å². The van der Waals surface area contributed by atoms with Gasteiger partial charge in [0.2, 0.25) is 0 Å². The Morgan fingerprint density at radius 3 is 2.63 bits per heavy atom.